The lowest BCUT2D eigenvalue weighted by atomic mass is 10.1. The Kier molecular flexibility index (Phi) is 13.9. The maximum Gasteiger partial charge on any atom is 0.406 e. The molecule has 0 aliphatic heterocycles. The molecule has 0 fully saturated rings. The Balaban J connectivity index is -0.000000147. The van der Waals surface area contributed by atoms with E-state index in [-0.39, 0.29) is 0 Å². The van der Waals surface area contributed by atoms with E-state index in [9.17, 15) is 4.79 Å². The number of nitrogens with zero attached hydrogens (tertiary/aromatic N) is 1. The number of hydrogen-bond donors (Lipinski definition) is 2. The van der Waals surface area contributed by atoms with Crippen LogP contribution in [-0.2, 0) is 0 Å². The van der Waals surface area contributed by atoms with Crippen LogP contribution in [0.3, 0.4) is 0 Å². The van der Waals surface area contributed by atoms with Gasteiger partial charge in [0.15, 0.2) is 0 Å². The van der Waals surface area contributed by atoms with Crippen LogP contribution >= 0.6 is 0 Å². The lowest BCUT2D eigenvalue weighted by Gasteiger charge is -2.11. The maximum absolute atomic E-state index is 9.62. The zero-order valence-electron chi connectivity index (χ0n) is 10.5. The average Bonchev–Trinajstić information content (AvgIpc) is 2.07. The lowest BCUT2D eigenvalue weighted by molar-refractivity contribution is 0.0765. The summed E-state index contributed by atoms with van der Waals surface area (Å²) in [5, 5.41) is 16.7. The third-order valence-electron chi connectivity index (χ3n) is 1.25. The van der Waals surface area contributed by atoms with E-state index in [1.807, 2.05) is 20.8 Å². The molecule has 0 radical (unpaired) electrons. The van der Waals surface area contributed by atoms with Crippen molar-refractivity contribution >= 4 is 6.09 Å². The molecule has 4 nitrogen and oxygen atoms in total. The van der Waals surface area contributed by atoms with Gasteiger partial charge in [0, 0.05) is 14.1 Å². The van der Waals surface area contributed by atoms with E-state index in [1.54, 1.807) is 13.8 Å². The highest BCUT2D eigenvalue weighted by Crippen LogP contribution is 2.03. The largest absolute Gasteiger partial charge is 0.465 e. The van der Waals surface area contributed by atoms with Gasteiger partial charge < -0.3 is 15.1 Å². The molecule has 14 heavy (non-hydrogen) atoms. The Bertz CT molecular complexity index is 128. The summed E-state index contributed by atoms with van der Waals surface area (Å²) in [6.07, 6.45) is -0.0810. The molecule has 0 aromatic heterocycles. The van der Waals surface area contributed by atoms with Crippen molar-refractivity contribution in [1.82, 2.24) is 4.90 Å². The number of hydrogen-bond acceptors (Lipinski definition) is 2. The minimum atomic E-state index is -0.907. The number of aliphatic hydroxyl groups is 1. The van der Waals surface area contributed by atoms with Gasteiger partial charge in [0.1, 0.15) is 0 Å². The molecule has 0 aromatic carbocycles. The lowest BCUT2D eigenvalue weighted by Crippen LogP contribution is -2.18. The molecule has 0 spiro atoms. The summed E-state index contributed by atoms with van der Waals surface area (Å²) in [6, 6.07) is 0. The second kappa shape index (κ2) is 10.3. The van der Waals surface area contributed by atoms with Gasteiger partial charge in [-0.05, 0) is 20.3 Å². The molecule has 0 aromatic rings. The van der Waals surface area contributed by atoms with E-state index in [0.29, 0.717) is 0 Å². The average molecular weight is 207 g/mol. The zero-order valence-corrected chi connectivity index (χ0v) is 10.5. The van der Waals surface area contributed by atoms with Gasteiger partial charge >= 0.3 is 6.09 Å². The predicted octanol–water partition coefficient (Wildman–Crippen LogP) is 2.42. The van der Waals surface area contributed by atoms with Crippen molar-refractivity contribution in [3.05, 3.63) is 0 Å². The molecule has 0 atom stereocenters. The fraction of sp³-hybridized carbons (Fsp3) is 0.900. The van der Waals surface area contributed by atoms with Crippen LogP contribution in [0, 0.1) is 0 Å². The van der Waals surface area contributed by atoms with Crippen LogP contribution in [0.1, 0.15) is 41.0 Å². The molecule has 0 aliphatic carbocycles. The Morgan fingerprint density at radius 2 is 1.43 bits per heavy atom. The third kappa shape index (κ3) is 30.3. The molecule has 1 amide bonds. The van der Waals surface area contributed by atoms with E-state index in [4.69, 9.17) is 10.2 Å². The number of rotatable bonds is 1. The highest BCUT2D eigenvalue weighted by atomic mass is 16.4. The van der Waals surface area contributed by atoms with Gasteiger partial charge in [0.2, 0.25) is 0 Å². The highest BCUT2D eigenvalue weighted by molar-refractivity contribution is 5.63. The fourth-order valence-electron chi connectivity index (χ4n) is 0. The predicted molar refractivity (Wildman–Crippen MR) is 59.6 cm³/mol. The minimum Gasteiger partial charge on any atom is -0.465 e. The summed E-state index contributed by atoms with van der Waals surface area (Å²) in [7, 11) is 2.95. The molecule has 0 rings (SSSR count). The Hall–Kier alpha value is -0.770. The number of carboxylic acid groups (broad SMARTS) is 1. The standard InChI is InChI=1S/C5H12O.C3H7NO2.C2H6/c1-4-5(2,3)6;1-4(2)3(5)6;1-2/h6H,4H2,1-3H3;1-2H3,(H,5,6);1-2H3. The molecule has 4 heteroatoms. The topological polar surface area (TPSA) is 60.8 Å². The van der Waals surface area contributed by atoms with Crippen LogP contribution < -0.4 is 0 Å². The smallest absolute Gasteiger partial charge is 0.406 e. The van der Waals surface area contributed by atoms with Crippen LogP contribution in [0.5, 0.6) is 0 Å². The zero-order chi connectivity index (χ0) is 12.4. The number of amides is 1. The Morgan fingerprint density at radius 3 is 1.43 bits per heavy atom. The molecule has 0 aliphatic rings. The van der Waals surface area contributed by atoms with Gasteiger partial charge in [-0.15, -0.1) is 0 Å². The van der Waals surface area contributed by atoms with Crippen molar-refractivity contribution < 1.29 is 15.0 Å². The van der Waals surface area contributed by atoms with Crippen LogP contribution in [0.15, 0.2) is 0 Å². The van der Waals surface area contributed by atoms with E-state index in [2.05, 4.69) is 0 Å². The van der Waals surface area contributed by atoms with Crippen LogP contribution in [0.25, 0.3) is 0 Å². The maximum atomic E-state index is 9.62. The highest BCUT2D eigenvalue weighted by Gasteiger charge is 2.05. The molecule has 2 N–H and O–H groups in total. The van der Waals surface area contributed by atoms with Gasteiger partial charge in [0.25, 0.3) is 0 Å². The van der Waals surface area contributed by atoms with E-state index < -0.39 is 11.7 Å². The van der Waals surface area contributed by atoms with E-state index in [0.717, 1.165) is 11.3 Å². The monoisotopic (exact) mass is 207 g/mol. The van der Waals surface area contributed by atoms with Crippen LogP contribution in [0.4, 0.5) is 4.79 Å². The fourth-order valence-corrected chi connectivity index (χ4v) is 0. The van der Waals surface area contributed by atoms with Gasteiger partial charge in [-0.25, -0.2) is 4.79 Å². The summed E-state index contributed by atoms with van der Waals surface area (Å²) in [6.45, 7) is 9.56. The van der Waals surface area contributed by atoms with Gasteiger partial charge in [-0.2, -0.15) is 0 Å². The van der Waals surface area contributed by atoms with Crippen molar-refractivity contribution in [3.8, 4) is 0 Å². The SMILES string of the molecule is CC.CCC(C)(C)O.CN(C)C(=O)O. The second-order valence-corrected chi connectivity index (χ2v) is 3.34. The van der Waals surface area contributed by atoms with Crippen molar-refractivity contribution in [2.24, 2.45) is 0 Å². The molecule has 88 valence electrons. The van der Waals surface area contributed by atoms with Gasteiger partial charge in [0.05, 0.1) is 5.60 Å². The van der Waals surface area contributed by atoms with Crippen LogP contribution in [0.2, 0.25) is 0 Å². The summed E-state index contributed by atoms with van der Waals surface area (Å²) in [5.41, 5.74) is -0.458. The normalized spacial score (nSPS) is 8.86. The minimum absolute atomic E-state index is 0.458. The van der Waals surface area contributed by atoms with Gasteiger partial charge in [-0.3, -0.25) is 0 Å². The molecule has 0 unspecified atom stereocenters. The Labute approximate surface area is 87.5 Å². The first-order valence-corrected chi connectivity index (χ1v) is 4.83. The van der Waals surface area contributed by atoms with Crippen molar-refractivity contribution in [2.75, 3.05) is 14.1 Å². The first-order chi connectivity index (χ1) is 6.20. The summed E-state index contributed by atoms with van der Waals surface area (Å²) in [4.78, 5) is 10.7. The van der Waals surface area contributed by atoms with Crippen LogP contribution in [-0.4, -0.2) is 40.9 Å². The van der Waals surface area contributed by atoms with E-state index in [1.165, 1.54) is 14.1 Å². The summed E-state index contributed by atoms with van der Waals surface area (Å²) in [5.74, 6) is 0. The molecule has 0 bridgehead atoms. The van der Waals surface area contributed by atoms with Crippen molar-refractivity contribution in [1.29, 1.82) is 0 Å². The first kappa shape index (κ1) is 18.9. The van der Waals surface area contributed by atoms with Gasteiger partial charge in [-0.1, -0.05) is 20.8 Å². The molecule has 0 saturated carbocycles. The molecular formula is C10H25NO3. The quantitative estimate of drug-likeness (QED) is 0.694. The first-order valence-electron chi connectivity index (χ1n) is 4.83. The molecule has 0 saturated heterocycles. The summed E-state index contributed by atoms with van der Waals surface area (Å²) < 4.78 is 0. The van der Waals surface area contributed by atoms with E-state index >= 15 is 0 Å². The summed E-state index contributed by atoms with van der Waals surface area (Å²) >= 11 is 0. The van der Waals surface area contributed by atoms with Crippen molar-refractivity contribution in [2.45, 2.75) is 46.6 Å². The molecular weight excluding hydrogens is 182 g/mol. The molecule has 0 heterocycles. The third-order valence-corrected chi connectivity index (χ3v) is 1.25. The number of carbonyl (C=O) groups is 1. The second-order valence-electron chi connectivity index (χ2n) is 3.34. The Morgan fingerprint density at radius 1 is 1.29 bits per heavy atom. The van der Waals surface area contributed by atoms with Crippen molar-refractivity contribution in [3.63, 3.8) is 0 Å².